The first-order valence-corrected chi connectivity index (χ1v) is 8.19. The van der Waals surface area contributed by atoms with Crippen molar-refractivity contribution in [1.29, 1.82) is 0 Å². The first-order chi connectivity index (χ1) is 12.5. The molecule has 0 aliphatic heterocycles. The standard InChI is InChI=1S/C19H18N6O/c1-12-21-10-17(25(12)3)19(26)23-18-7-15-6-13(4-5-14(15)8-22-18)16-9-20-11-24(16)2/h4-11H,1-3H3,(H,22,23,26). The Labute approximate surface area is 150 Å². The van der Waals surface area contributed by atoms with Gasteiger partial charge in [0.15, 0.2) is 0 Å². The van der Waals surface area contributed by atoms with Crippen LogP contribution in [0, 0.1) is 6.92 Å². The molecular weight excluding hydrogens is 328 g/mol. The van der Waals surface area contributed by atoms with E-state index in [4.69, 9.17) is 0 Å². The van der Waals surface area contributed by atoms with Gasteiger partial charge in [-0.3, -0.25) is 4.79 Å². The third kappa shape index (κ3) is 2.73. The number of nitrogens with zero attached hydrogens (tertiary/aromatic N) is 5. The topological polar surface area (TPSA) is 77.6 Å². The van der Waals surface area contributed by atoms with E-state index in [9.17, 15) is 4.79 Å². The highest BCUT2D eigenvalue weighted by atomic mass is 16.2. The van der Waals surface area contributed by atoms with Gasteiger partial charge in [-0.15, -0.1) is 0 Å². The average molecular weight is 346 g/mol. The number of aryl methyl sites for hydroxylation is 2. The number of amides is 1. The maximum atomic E-state index is 12.5. The fourth-order valence-corrected chi connectivity index (χ4v) is 2.90. The highest BCUT2D eigenvalue weighted by molar-refractivity contribution is 6.03. The minimum absolute atomic E-state index is 0.234. The summed E-state index contributed by atoms with van der Waals surface area (Å²) in [7, 11) is 3.77. The Morgan fingerprint density at radius 1 is 1.04 bits per heavy atom. The van der Waals surface area contributed by atoms with E-state index in [-0.39, 0.29) is 5.91 Å². The van der Waals surface area contributed by atoms with Gasteiger partial charge in [-0.2, -0.15) is 0 Å². The molecule has 0 aliphatic rings. The van der Waals surface area contributed by atoms with E-state index >= 15 is 0 Å². The van der Waals surface area contributed by atoms with Crippen LogP contribution in [-0.4, -0.2) is 30.0 Å². The van der Waals surface area contributed by atoms with Gasteiger partial charge in [-0.25, -0.2) is 15.0 Å². The molecule has 26 heavy (non-hydrogen) atoms. The van der Waals surface area contributed by atoms with Crippen LogP contribution in [-0.2, 0) is 14.1 Å². The van der Waals surface area contributed by atoms with E-state index in [2.05, 4.69) is 26.3 Å². The summed E-state index contributed by atoms with van der Waals surface area (Å²) in [6.07, 6.45) is 6.92. The number of hydrogen-bond donors (Lipinski definition) is 1. The molecule has 3 aromatic heterocycles. The summed E-state index contributed by atoms with van der Waals surface area (Å²) in [5, 5.41) is 4.84. The first kappa shape index (κ1) is 16.0. The number of hydrogen-bond acceptors (Lipinski definition) is 4. The maximum Gasteiger partial charge on any atom is 0.275 e. The van der Waals surface area contributed by atoms with Crippen LogP contribution < -0.4 is 5.32 Å². The summed E-state index contributed by atoms with van der Waals surface area (Å²) < 4.78 is 3.71. The number of aromatic nitrogens is 5. The van der Waals surface area contributed by atoms with Crippen molar-refractivity contribution in [2.45, 2.75) is 6.92 Å². The lowest BCUT2D eigenvalue weighted by atomic mass is 10.1. The van der Waals surface area contributed by atoms with Gasteiger partial charge in [0.25, 0.3) is 5.91 Å². The molecule has 130 valence electrons. The molecule has 0 saturated carbocycles. The Morgan fingerprint density at radius 3 is 2.58 bits per heavy atom. The lowest BCUT2D eigenvalue weighted by Crippen LogP contribution is -2.16. The Balaban J connectivity index is 1.67. The van der Waals surface area contributed by atoms with Crippen LogP contribution in [0.15, 0.2) is 49.2 Å². The van der Waals surface area contributed by atoms with Crippen molar-refractivity contribution >= 4 is 22.5 Å². The molecule has 0 aliphatic carbocycles. The zero-order chi connectivity index (χ0) is 18.3. The Kier molecular flexibility index (Phi) is 3.76. The van der Waals surface area contributed by atoms with Gasteiger partial charge >= 0.3 is 0 Å². The van der Waals surface area contributed by atoms with Crippen molar-refractivity contribution in [1.82, 2.24) is 24.1 Å². The molecule has 0 atom stereocenters. The summed E-state index contributed by atoms with van der Waals surface area (Å²) in [5.41, 5.74) is 2.58. The zero-order valence-electron chi connectivity index (χ0n) is 14.8. The molecule has 3 heterocycles. The van der Waals surface area contributed by atoms with Crippen molar-refractivity contribution in [3.63, 3.8) is 0 Å². The third-order valence-corrected chi connectivity index (χ3v) is 4.53. The van der Waals surface area contributed by atoms with Crippen molar-refractivity contribution in [3.05, 3.63) is 60.7 Å². The number of imidazole rings is 2. The molecule has 1 N–H and O–H groups in total. The van der Waals surface area contributed by atoms with Gasteiger partial charge in [0.05, 0.1) is 24.4 Å². The van der Waals surface area contributed by atoms with Gasteiger partial charge in [0, 0.05) is 31.2 Å². The molecule has 0 bridgehead atoms. The van der Waals surface area contributed by atoms with Crippen LogP contribution >= 0.6 is 0 Å². The maximum absolute atomic E-state index is 12.5. The summed E-state index contributed by atoms with van der Waals surface area (Å²) in [6, 6.07) is 7.99. The molecule has 4 rings (SSSR count). The molecule has 0 fully saturated rings. The predicted octanol–water partition coefficient (Wildman–Crippen LogP) is 2.93. The molecule has 0 saturated heterocycles. The number of anilines is 1. The zero-order valence-corrected chi connectivity index (χ0v) is 14.8. The van der Waals surface area contributed by atoms with Gasteiger partial charge < -0.3 is 14.5 Å². The number of benzene rings is 1. The van der Waals surface area contributed by atoms with Crippen molar-refractivity contribution in [2.24, 2.45) is 14.1 Å². The van der Waals surface area contributed by atoms with Gasteiger partial charge in [0.1, 0.15) is 17.3 Å². The number of nitrogens with one attached hydrogen (secondary N) is 1. The molecular formula is C19H18N6O. The van der Waals surface area contributed by atoms with Gasteiger partial charge in [-0.1, -0.05) is 12.1 Å². The smallest absolute Gasteiger partial charge is 0.275 e. The molecule has 7 heteroatoms. The van der Waals surface area contributed by atoms with Crippen LogP contribution in [0.3, 0.4) is 0 Å². The second-order valence-corrected chi connectivity index (χ2v) is 6.23. The Bertz CT molecular complexity index is 1120. The van der Waals surface area contributed by atoms with Crippen LogP contribution in [0.5, 0.6) is 0 Å². The van der Waals surface area contributed by atoms with E-state index in [1.807, 2.05) is 50.0 Å². The number of rotatable bonds is 3. The monoisotopic (exact) mass is 346 g/mol. The molecule has 0 radical (unpaired) electrons. The van der Waals surface area contributed by atoms with E-state index in [0.717, 1.165) is 27.9 Å². The normalized spacial score (nSPS) is 11.0. The molecule has 7 nitrogen and oxygen atoms in total. The number of pyridine rings is 1. The third-order valence-electron chi connectivity index (χ3n) is 4.53. The molecule has 1 aromatic carbocycles. The van der Waals surface area contributed by atoms with Crippen molar-refractivity contribution < 1.29 is 4.79 Å². The number of carbonyl (C=O) groups is 1. The van der Waals surface area contributed by atoms with Crippen molar-refractivity contribution in [3.8, 4) is 11.3 Å². The predicted molar refractivity (Wildman–Crippen MR) is 99.8 cm³/mol. The minimum atomic E-state index is -0.234. The van der Waals surface area contributed by atoms with Gasteiger partial charge in [-0.05, 0) is 24.4 Å². The average Bonchev–Trinajstić information content (AvgIpc) is 3.20. The highest BCUT2D eigenvalue weighted by Crippen LogP contribution is 2.25. The highest BCUT2D eigenvalue weighted by Gasteiger charge is 2.13. The van der Waals surface area contributed by atoms with E-state index in [1.54, 1.807) is 23.3 Å². The van der Waals surface area contributed by atoms with Crippen molar-refractivity contribution in [2.75, 3.05) is 5.32 Å². The largest absolute Gasteiger partial charge is 0.334 e. The molecule has 0 spiro atoms. The Morgan fingerprint density at radius 2 is 1.88 bits per heavy atom. The molecule has 1 amide bonds. The first-order valence-electron chi connectivity index (χ1n) is 8.19. The fraction of sp³-hybridized carbons (Fsp3) is 0.158. The number of carbonyl (C=O) groups excluding carboxylic acids is 1. The quantitative estimate of drug-likeness (QED) is 0.619. The second-order valence-electron chi connectivity index (χ2n) is 6.23. The lowest BCUT2D eigenvalue weighted by molar-refractivity contribution is 0.101. The SMILES string of the molecule is Cc1ncc(C(=O)Nc2cc3cc(-c4cncn4C)ccc3cn2)n1C. The van der Waals surface area contributed by atoms with E-state index in [1.165, 1.54) is 0 Å². The summed E-state index contributed by atoms with van der Waals surface area (Å²) in [4.78, 5) is 25.1. The second kappa shape index (κ2) is 6.11. The molecule has 0 unspecified atom stereocenters. The fourth-order valence-electron chi connectivity index (χ4n) is 2.90. The van der Waals surface area contributed by atoms with Crippen LogP contribution in [0.25, 0.3) is 22.0 Å². The van der Waals surface area contributed by atoms with E-state index < -0.39 is 0 Å². The van der Waals surface area contributed by atoms with Crippen LogP contribution in [0.1, 0.15) is 16.3 Å². The Hall–Kier alpha value is -3.48. The lowest BCUT2D eigenvalue weighted by Gasteiger charge is -2.08. The number of fused-ring (bicyclic) bond motifs is 1. The summed E-state index contributed by atoms with van der Waals surface area (Å²) >= 11 is 0. The van der Waals surface area contributed by atoms with Crippen LogP contribution in [0.2, 0.25) is 0 Å². The van der Waals surface area contributed by atoms with Crippen LogP contribution in [0.4, 0.5) is 5.82 Å². The molecule has 4 aromatic rings. The van der Waals surface area contributed by atoms with Gasteiger partial charge in [0.2, 0.25) is 0 Å². The van der Waals surface area contributed by atoms with E-state index in [0.29, 0.717) is 11.5 Å². The summed E-state index contributed by atoms with van der Waals surface area (Å²) in [6.45, 7) is 1.85. The minimum Gasteiger partial charge on any atom is -0.334 e. The summed E-state index contributed by atoms with van der Waals surface area (Å²) in [5.74, 6) is 1.05.